The van der Waals surface area contributed by atoms with Crippen LogP contribution in [-0.2, 0) is 9.59 Å². The van der Waals surface area contributed by atoms with E-state index < -0.39 is 34.4 Å². The van der Waals surface area contributed by atoms with E-state index in [2.05, 4.69) is 18.0 Å². The van der Waals surface area contributed by atoms with E-state index in [0.717, 1.165) is 37.8 Å². The number of benzene rings is 1. The highest BCUT2D eigenvalue weighted by atomic mass is 16.4. The number of phenolic OH excluding ortho intramolecular Hbond substituents is 1. The van der Waals surface area contributed by atoms with Crippen LogP contribution in [0.15, 0.2) is 36.4 Å². The molecule has 31 heavy (non-hydrogen) atoms. The third kappa shape index (κ3) is 3.32. The minimum atomic E-state index is -1.38. The molecule has 1 unspecified atom stereocenters. The molecule has 4 aliphatic rings. The van der Waals surface area contributed by atoms with E-state index in [1.54, 1.807) is 6.08 Å². The van der Waals surface area contributed by atoms with Crippen LogP contribution >= 0.6 is 0 Å². The molecule has 1 amide bonds. The van der Waals surface area contributed by atoms with Crippen molar-refractivity contribution in [3.05, 3.63) is 42.0 Å². The molecule has 7 nitrogen and oxygen atoms in total. The first-order valence-electron chi connectivity index (χ1n) is 10.6. The summed E-state index contributed by atoms with van der Waals surface area (Å²) in [7, 11) is 0. The number of carbonyl (C=O) groups excluding carboxylic acids is 2. The third-order valence-corrected chi connectivity index (χ3v) is 7.73. The average Bonchev–Trinajstić information content (AvgIpc) is 2.72. The van der Waals surface area contributed by atoms with Crippen molar-refractivity contribution in [2.75, 3.05) is 5.32 Å². The zero-order valence-corrected chi connectivity index (χ0v) is 17.5. The van der Waals surface area contributed by atoms with Crippen LogP contribution in [0.3, 0.4) is 0 Å². The van der Waals surface area contributed by atoms with Gasteiger partial charge < -0.3 is 20.6 Å². The Hall–Kier alpha value is -3.09. The van der Waals surface area contributed by atoms with Gasteiger partial charge in [0.2, 0.25) is 5.91 Å². The lowest BCUT2D eigenvalue weighted by molar-refractivity contribution is -0.136. The van der Waals surface area contributed by atoms with Crippen molar-refractivity contribution < 1.29 is 29.7 Å². The Bertz CT molecular complexity index is 1030. The fourth-order valence-electron chi connectivity index (χ4n) is 5.91. The Labute approximate surface area is 180 Å². The van der Waals surface area contributed by atoms with Gasteiger partial charge >= 0.3 is 5.97 Å². The van der Waals surface area contributed by atoms with Crippen molar-refractivity contribution in [1.29, 1.82) is 0 Å². The molecule has 3 fully saturated rings. The number of amides is 1. The van der Waals surface area contributed by atoms with Crippen molar-refractivity contribution >= 4 is 23.3 Å². The van der Waals surface area contributed by atoms with Gasteiger partial charge in [-0.15, -0.1) is 0 Å². The summed E-state index contributed by atoms with van der Waals surface area (Å²) in [4.78, 5) is 36.8. The first-order valence-corrected chi connectivity index (χ1v) is 10.6. The van der Waals surface area contributed by atoms with E-state index in [-0.39, 0.29) is 29.2 Å². The SMILES string of the molecule is C=C1C[C@@]23C=CC(=O)[C@@](C)(CCC(=O)Nc4c(O)ccc(C(=O)O)c4O)C2C[C@H]1CC3. The Balaban J connectivity index is 1.52. The first-order chi connectivity index (χ1) is 14.6. The third-order valence-electron chi connectivity index (χ3n) is 7.73. The van der Waals surface area contributed by atoms with Crippen LogP contribution in [0.2, 0.25) is 0 Å². The molecular formula is C24H27NO6. The second kappa shape index (κ2) is 7.25. The summed E-state index contributed by atoms with van der Waals surface area (Å²) in [6.07, 6.45) is 7.96. The van der Waals surface area contributed by atoms with E-state index in [1.807, 2.05) is 6.92 Å². The molecule has 0 saturated heterocycles. The van der Waals surface area contributed by atoms with Crippen LogP contribution in [-0.4, -0.2) is 33.0 Å². The maximum atomic E-state index is 12.9. The lowest BCUT2D eigenvalue weighted by atomic mass is 9.44. The van der Waals surface area contributed by atoms with Crippen molar-refractivity contribution in [2.45, 2.75) is 45.4 Å². The average molecular weight is 425 g/mol. The summed E-state index contributed by atoms with van der Waals surface area (Å²) in [6, 6.07) is 2.16. The van der Waals surface area contributed by atoms with Gasteiger partial charge in [-0.3, -0.25) is 9.59 Å². The number of aromatic carboxylic acids is 1. The number of hydrogen-bond acceptors (Lipinski definition) is 5. The van der Waals surface area contributed by atoms with Gasteiger partial charge in [-0.25, -0.2) is 4.79 Å². The number of anilines is 1. The minimum absolute atomic E-state index is 0.00442. The molecule has 1 spiro atoms. The van der Waals surface area contributed by atoms with E-state index in [0.29, 0.717) is 12.3 Å². The lowest BCUT2D eigenvalue weighted by Gasteiger charge is -2.59. The number of ketones is 1. The van der Waals surface area contributed by atoms with Crippen LogP contribution in [0.1, 0.15) is 55.8 Å². The molecule has 7 heteroatoms. The highest BCUT2D eigenvalue weighted by Crippen LogP contribution is 2.64. The standard InChI is InChI=1S/C24H27NO6/c1-13-12-24-9-5-14(13)11-17(24)23(2,18(27)6-10-24)8-7-19(28)25-20-16(26)4-3-15(21(20)29)22(30)31/h3-4,6,10,14,17,26,29H,1,5,7-9,11-12H2,2H3,(H,25,28)(H,30,31)/t14-,17?,23+,24-/m1/s1. The van der Waals surface area contributed by atoms with Gasteiger partial charge in [0.1, 0.15) is 17.0 Å². The van der Waals surface area contributed by atoms with Crippen LogP contribution in [0.5, 0.6) is 11.5 Å². The van der Waals surface area contributed by atoms with Gasteiger partial charge in [0.25, 0.3) is 0 Å². The number of fused-ring (bicyclic) bond motifs is 2. The number of hydrogen-bond donors (Lipinski definition) is 4. The monoisotopic (exact) mass is 425 g/mol. The summed E-state index contributed by atoms with van der Waals surface area (Å²) in [5.41, 5.74) is -0.260. The highest BCUT2D eigenvalue weighted by Gasteiger charge is 2.58. The molecular weight excluding hydrogens is 398 g/mol. The number of phenols is 2. The molecule has 4 atom stereocenters. The first kappa shape index (κ1) is 21.2. The van der Waals surface area contributed by atoms with Gasteiger partial charge in [-0.05, 0) is 67.6 Å². The minimum Gasteiger partial charge on any atom is -0.506 e. The lowest BCUT2D eigenvalue weighted by Crippen LogP contribution is -2.54. The van der Waals surface area contributed by atoms with Crippen LogP contribution in [0.25, 0.3) is 0 Å². The van der Waals surface area contributed by atoms with Gasteiger partial charge in [-0.1, -0.05) is 25.2 Å². The summed E-state index contributed by atoms with van der Waals surface area (Å²) < 4.78 is 0. The van der Waals surface area contributed by atoms with E-state index >= 15 is 0 Å². The number of allylic oxidation sites excluding steroid dienone is 3. The van der Waals surface area contributed by atoms with Crippen LogP contribution in [0.4, 0.5) is 5.69 Å². The zero-order valence-electron chi connectivity index (χ0n) is 17.5. The number of carboxylic acids is 1. The smallest absolute Gasteiger partial charge is 0.339 e. The fraction of sp³-hybridized carbons (Fsp3) is 0.458. The Kier molecular flexibility index (Phi) is 4.95. The molecule has 4 aliphatic carbocycles. The Morgan fingerprint density at radius 3 is 2.71 bits per heavy atom. The molecule has 0 aromatic heterocycles. The number of rotatable bonds is 5. The molecule has 3 saturated carbocycles. The van der Waals surface area contributed by atoms with E-state index in [4.69, 9.17) is 5.11 Å². The van der Waals surface area contributed by atoms with Crippen molar-refractivity contribution in [1.82, 2.24) is 0 Å². The normalized spacial score (nSPS) is 31.4. The second-order valence-corrected chi connectivity index (χ2v) is 9.42. The molecule has 0 radical (unpaired) electrons. The van der Waals surface area contributed by atoms with Crippen molar-refractivity contribution in [3.63, 3.8) is 0 Å². The number of nitrogens with one attached hydrogen (secondary N) is 1. The predicted octanol–water partition coefficient (Wildman–Crippen LogP) is 4.02. The number of aromatic hydroxyl groups is 2. The highest BCUT2D eigenvalue weighted by molar-refractivity contribution is 6.00. The van der Waals surface area contributed by atoms with E-state index in [1.165, 1.54) is 5.57 Å². The fourth-order valence-corrected chi connectivity index (χ4v) is 5.91. The molecule has 4 N–H and O–H groups in total. The van der Waals surface area contributed by atoms with Gasteiger partial charge in [0, 0.05) is 11.8 Å². The predicted molar refractivity (Wildman–Crippen MR) is 114 cm³/mol. The Morgan fingerprint density at radius 2 is 2.03 bits per heavy atom. The summed E-state index contributed by atoms with van der Waals surface area (Å²) in [5.74, 6) is -2.42. The van der Waals surface area contributed by atoms with Gasteiger partial charge in [-0.2, -0.15) is 0 Å². The molecule has 0 aliphatic heterocycles. The molecule has 1 aromatic rings. The maximum absolute atomic E-state index is 12.9. The van der Waals surface area contributed by atoms with Gasteiger partial charge in [0.05, 0.1) is 0 Å². The van der Waals surface area contributed by atoms with E-state index in [9.17, 15) is 24.6 Å². The second-order valence-electron chi connectivity index (χ2n) is 9.42. The number of carbonyl (C=O) groups is 3. The molecule has 5 rings (SSSR count). The Morgan fingerprint density at radius 1 is 1.29 bits per heavy atom. The summed E-state index contributed by atoms with van der Waals surface area (Å²) >= 11 is 0. The van der Waals surface area contributed by atoms with Crippen LogP contribution < -0.4 is 5.32 Å². The molecule has 2 bridgehead atoms. The molecule has 0 heterocycles. The summed E-state index contributed by atoms with van der Waals surface area (Å²) in [5, 5.41) is 31.6. The van der Waals surface area contributed by atoms with Gasteiger partial charge in [0.15, 0.2) is 11.5 Å². The maximum Gasteiger partial charge on any atom is 0.339 e. The summed E-state index contributed by atoms with van der Waals surface area (Å²) in [6.45, 7) is 6.17. The molecule has 1 aromatic carbocycles. The largest absolute Gasteiger partial charge is 0.506 e. The van der Waals surface area contributed by atoms with Crippen molar-refractivity contribution in [3.8, 4) is 11.5 Å². The molecule has 164 valence electrons. The van der Waals surface area contributed by atoms with Crippen molar-refractivity contribution in [2.24, 2.45) is 22.7 Å². The quantitative estimate of drug-likeness (QED) is 0.417. The van der Waals surface area contributed by atoms with Crippen LogP contribution in [0, 0.1) is 22.7 Å². The topological polar surface area (TPSA) is 124 Å². The zero-order chi connectivity index (χ0) is 22.6. The number of carboxylic acid groups (broad SMARTS) is 1.